The van der Waals surface area contributed by atoms with Crippen LogP contribution in [0.25, 0.3) is 0 Å². The average Bonchev–Trinajstić information content (AvgIpc) is 2.39. The molecule has 1 saturated heterocycles. The van der Waals surface area contributed by atoms with Crippen molar-refractivity contribution in [3.05, 3.63) is 17.8 Å². The lowest BCUT2D eigenvalue weighted by Gasteiger charge is -2.29. The first-order chi connectivity index (χ1) is 8.69. The summed E-state index contributed by atoms with van der Waals surface area (Å²) in [5.41, 5.74) is 6.67. The van der Waals surface area contributed by atoms with E-state index < -0.39 is 0 Å². The summed E-state index contributed by atoms with van der Waals surface area (Å²) in [6.07, 6.45) is 2.46. The quantitative estimate of drug-likeness (QED) is 0.834. The number of hydrogen-bond acceptors (Lipinski definition) is 5. The first-order valence-electron chi connectivity index (χ1n) is 6.68. The Labute approximate surface area is 109 Å². The zero-order valence-corrected chi connectivity index (χ0v) is 11.3. The lowest BCUT2D eigenvalue weighted by atomic mass is 9.95. The second-order valence-electron chi connectivity index (χ2n) is 5.23. The van der Waals surface area contributed by atoms with Crippen molar-refractivity contribution in [3.8, 4) is 0 Å². The van der Waals surface area contributed by atoms with Gasteiger partial charge in [-0.05, 0) is 45.5 Å². The van der Waals surface area contributed by atoms with Crippen molar-refractivity contribution in [3.63, 3.8) is 0 Å². The molecule has 0 amide bonds. The summed E-state index contributed by atoms with van der Waals surface area (Å²) in [5, 5.41) is 11.8. The average molecular weight is 249 g/mol. The van der Waals surface area contributed by atoms with Crippen LogP contribution in [0.5, 0.6) is 0 Å². The molecule has 0 bridgehead atoms. The molecule has 1 aliphatic heterocycles. The Balaban J connectivity index is 1.98. The van der Waals surface area contributed by atoms with E-state index in [-0.39, 0.29) is 6.04 Å². The Morgan fingerprint density at radius 3 is 2.94 bits per heavy atom. The van der Waals surface area contributed by atoms with Crippen molar-refractivity contribution in [2.24, 2.45) is 5.73 Å². The van der Waals surface area contributed by atoms with Crippen LogP contribution in [-0.2, 0) is 0 Å². The molecule has 1 aromatic rings. The molecular weight excluding hydrogens is 226 g/mol. The Morgan fingerprint density at radius 1 is 1.50 bits per heavy atom. The first kappa shape index (κ1) is 13.2. The minimum Gasteiger partial charge on any atom is -0.365 e. The molecule has 2 rings (SSSR count). The van der Waals surface area contributed by atoms with Gasteiger partial charge in [-0.2, -0.15) is 5.10 Å². The van der Waals surface area contributed by atoms with Crippen LogP contribution < -0.4 is 11.1 Å². The molecule has 2 unspecified atom stereocenters. The fourth-order valence-corrected chi connectivity index (χ4v) is 2.36. The second-order valence-corrected chi connectivity index (χ2v) is 5.23. The van der Waals surface area contributed by atoms with E-state index in [9.17, 15) is 0 Å². The predicted octanol–water partition coefficient (Wildman–Crippen LogP) is 1.04. The molecular formula is C13H23N5. The normalized spacial score (nSPS) is 22.7. The van der Waals surface area contributed by atoms with E-state index in [0.29, 0.717) is 12.5 Å². The van der Waals surface area contributed by atoms with Crippen molar-refractivity contribution < 1.29 is 0 Å². The molecule has 1 fully saturated rings. The van der Waals surface area contributed by atoms with Crippen LogP contribution in [0, 0.1) is 0 Å². The summed E-state index contributed by atoms with van der Waals surface area (Å²) in [6.45, 7) is 4.90. The van der Waals surface area contributed by atoms with Gasteiger partial charge in [-0.25, -0.2) is 0 Å². The van der Waals surface area contributed by atoms with Gasteiger partial charge in [0.15, 0.2) is 0 Å². The fraction of sp³-hybridized carbons (Fsp3) is 0.692. The highest BCUT2D eigenvalue weighted by molar-refractivity contribution is 5.34. The van der Waals surface area contributed by atoms with Gasteiger partial charge in [-0.3, -0.25) is 0 Å². The number of nitrogens with one attached hydrogen (secondary N) is 1. The van der Waals surface area contributed by atoms with Crippen molar-refractivity contribution >= 4 is 5.82 Å². The molecule has 0 aliphatic carbocycles. The Kier molecular flexibility index (Phi) is 4.49. The van der Waals surface area contributed by atoms with Crippen molar-refractivity contribution in [2.45, 2.75) is 31.7 Å². The van der Waals surface area contributed by atoms with Crippen LogP contribution in [0.2, 0.25) is 0 Å². The zero-order valence-electron chi connectivity index (χ0n) is 11.3. The van der Waals surface area contributed by atoms with Crippen molar-refractivity contribution in [2.75, 3.05) is 32.0 Å². The summed E-state index contributed by atoms with van der Waals surface area (Å²) < 4.78 is 0. The van der Waals surface area contributed by atoms with Gasteiger partial charge in [0.05, 0.1) is 5.69 Å². The Bertz CT molecular complexity index is 364. The Morgan fingerprint density at radius 2 is 2.33 bits per heavy atom. The second kappa shape index (κ2) is 6.11. The smallest absolute Gasteiger partial charge is 0.148 e. The van der Waals surface area contributed by atoms with Crippen molar-refractivity contribution in [1.29, 1.82) is 0 Å². The van der Waals surface area contributed by atoms with E-state index in [1.807, 2.05) is 13.0 Å². The number of aromatic nitrogens is 2. The summed E-state index contributed by atoms with van der Waals surface area (Å²) in [5.74, 6) is 1.33. The highest BCUT2D eigenvalue weighted by Gasteiger charge is 2.20. The predicted molar refractivity (Wildman–Crippen MR) is 73.6 cm³/mol. The van der Waals surface area contributed by atoms with E-state index in [0.717, 1.165) is 18.1 Å². The number of nitrogens with two attached hydrogens (primary N) is 1. The number of piperidine rings is 1. The summed E-state index contributed by atoms with van der Waals surface area (Å²) in [7, 11) is 2.17. The third kappa shape index (κ3) is 3.40. The van der Waals surface area contributed by atoms with Crippen LogP contribution in [0.15, 0.2) is 12.1 Å². The monoisotopic (exact) mass is 249 g/mol. The number of likely N-dealkylation sites (tertiary alicyclic amines) is 1. The van der Waals surface area contributed by atoms with Gasteiger partial charge in [-0.15, -0.1) is 5.10 Å². The molecule has 0 aromatic carbocycles. The lowest BCUT2D eigenvalue weighted by molar-refractivity contribution is 0.248. The maximum Gasteiger partial charge on any atom is 0.148 e. The number of likely N-dealkylation sites (N-methyl/N-ethyl adjacent to an activating group) is 1. The SMILES string of the molecule is CC(CN)Nc1ccc(C2CCCN(C)C2)nn1. The molecule has 2 heterocycles. The maximum atomic E-state index is 5.57. The minimum atomic E-state index is 0.228. The summed E-state index contributed by atoms with van der Waals surface area (Å²) in [4.78, 5) is 2.36. The van der Waals surface area contributed by atoms with E-state index in [4.69, 9.17) is 5.73 Å². The summed E-state index contributed by atoms with van der Waals surface area (Å²) >= 11 is 0. The molecule has 1 aliphatic rings. The highest BCUT2D eigenvalue weighted by Crippen LogP contribution is 2.24. The van der Waals surface area contributed by atoms with Gasteiger partial charge in [0.1, 0.15) is 5.82 Å². The standard InChI is InChI=1S/C13H23N5/c1-10(8-14)15-13-6-5-12(16-17-13)11-4-3-7-18(2)9-11/h5-6,10-11H,3-4,7-9,14H2,1-2H3,(H,15,17). The van der Waals surface area contributed by atoms with Gasteiger partial charge in [0, 0.05) is 25.0 Å². The molecule has 3 N–H and O–H groups in total. The molecule has 2 atom stereocenters. The first-order valence-corrected chi connectivity index (χ1v) is 6.68. The van der Waals surface area contributed by atoms with E-state index in [1.54, 1.807) is 0 Å². The van der Waals surface area contributed by atoms with Gasteiger partial charge < -0.3 is 16.0 Å². The fourth-order valence-electron chi connectivity index (χ4n) is 2.36. The third-order valence-corrected chi connectivity index (χ3v) is 3.48. The van der Waals surface area contributed by atoms with Gasteiger partial charge in [0.25, 0.3) is 0 Å². The van der Waals surface area contributed by atoms with Gasteiger partial charge in [-0.1, -0.05) is 0 Å². The van der Waals surface area contributed by atoms with Crippen molar-refractivity contribution in [1.82, 2.24) is 15.1 Å². The number of nitrogens with zero attached hydrogens (tertiary/aromatic N) is 3. The minimum absolute atomic E-state index is 0.228. The summed E-state index contributed by atoms with van der Waals surface area (Å²) in [6, 6.07) is 4.32. The molecule has 5 nitrogen and oxygen atoms in total. The largest absolute Gasteiger partial charge is 0.365 e. The topological polar surface area (TPSA) is 67.1 Å². The van der Waals surface area contributed by atoms with E-state index >= 15 is 0 Å². The lowest BCUT2D eigenvalue weighted by Crippen LogP contribution is -2.31. The molecule has 5 heteroatoms. The zero-order chi connectivity index (χ0) is 13.0. The molecule has 100 valence electrons. The number of rotatable bonds is 4. The maximum absolute atomic E-state index is 5.57. The molecule has 0 saturated carbocycles. The van der Waals surface area contributed by atoms with E-state index in [1.165, 1.54) is 19.4 Å². The van der Waals surface area contributed by atoms with Crippen LogP contribution in [-0.4, -0.2) is 47.8 Å². The third-order valence-electron chi connectivity index (χ3n) is 3.48. The van der Waals surface area contributed by atoms with Crippen LogP contribution in [0.4, 0.5) is 5.82 Å². The molecule has 1 aromatic heterocycles. The van der Waals surface area contributed by atoms with Crippen LogP contribution in [0.3, 0.4) is 0 Å². The highest BCUT2D eigenvalue weighted by atomic mass is 15.2. The van der Waals surface area contributed by atoms with Gasteiger partial charge >= 0.3 is 0 Å². The number of anilines is 1. The molecule has 18 heavy (non-hydrogen) atoms. The van der Waals surface area contributed by atoms with Crippen LogP contribution >= 0.6 is 0 Å². The van der Waals surface area contributed by atoms with Crippen LogP contribution in [0.1, 0.15) is 31.4 Å². The molecule has 0 radical (unpaired) electrons. The molecule has 0 spiro atoms. The van der Waals surface area contributed by atoms with Gasteiger partial charge in [0.2, 0.25) is 0 Å². The number of hydrogen-bond donors (Lipinski definition) is 2. The Hall–Kier alpha value is -1.20. The van der Waals surface area contributed by atoms with E-state index in [2.05, 4.69) is 33.5 Å².